The standard InChI is InChI=1S/C13H18N4/c1-13(2,10-7-5-4-6-8-10)11(14)12-15-9-16-17(12)3/h4-9,11H,14H2,1-3H3. The smallest absolute Gasteiger partial charge is 0.144 e. The molecule has 0 aliphatic heterocycles. The topological polar surface area (TPSA) is 56.7 Å². The van der Waals surface area contributed by atoms with Gasteiger partial charge in [-0.1, -0.05) is 44.2 Å². The van der Waals surface area contributed by atoms with Gasteiger partial charge < -0.3 is 5.73 Å². The van der Waals surface area contributed by atoms with E-state index >= 15 is 0 Å². The van der Waals surface area contributed by atoms with Gasteiger partial charge in [0.15, 0.2) is 0 Å². The lowest BCUT2D eigenvalue weighted by molar-refractivity contribution is 0.392. The Bertz CT molecular complexity index is 487. The summed E-state index contributed by atoms with van der Waals surface area (Å²) in [4.78, 5) is 4.23. The van der Waals surface area contributed by atoms with Gasteiger partial charge in [0, 0.05) is 12.5 Å². The van der Waals surface area contributed by atoms with E-state index in [0.717, 1.165) is 5.82 Å². The van der Waals surface area contributed by atoms with Gasteiger partial charge in [0.25, 0.3) is 0 Å². The summed E-state index contributed by atoms with van der Waals surface area (Å²) < 4.78 is 1.73. The molecule has 1 aromatic carbocycles. The van der Waals surface area contributed by atoms with Crippen molar-refractivity contribution in [1.29, 1.82) is 0 Å². The van der Waals surface area contributed by atoms with Crippen LogP contribution in [0.15, 0.2) is 36.7 Å². The highest BCUT2D eigenvalue weighted by atomic mass is 15.3. The van der Waals surface area contributed by atoms with Crippen molar-refractivity contribution < 1.29 is 0 Å². The van der Waals surface area contributed by atoms with Gasteiger partial charge in [0.05, 0.1) is 6.04 Å². The molecule has 0 saturated carbocycles. The number of hydrogen-bond acceptors (Lipinski definition) is 3. The molecule has 0 amide bonds. The third-order valence-corrected chi connectivity index (χ3v) is 3.32. The fourth-order valence-corrected chi connectivity index (χ4v) is 1.96. The first-order valence-corrected chi connectivity index (χ1v) is 5.68. The maximum Gasteiger partial charge on any atom is 0.144 e. The molecule has 2 N–H and O–H groups in total. The van der Waals surface area contributed by atoms with Crippen molar-refractivity contribution in [2.45, 2.75) is 25.3 Å². The molecular formula is C13H18N4. The second-order valence-electron chi connectivity index (χ2n) is 4.81. The lowest BCUT2D eigenvalue weighted by Crippen LogP contribution is -2.35. The van der Waals surface area contributed by atoms with E-state index in [1.165, 1.54) is 11.9 Å². The molecule has 4 nitrogen and oxygen atoms in total. The SMILES string of the molecule is Cn1ncnc1C(N)C(C)(C)c1ccccc1. The van der Waals surface area contributed by atoms with E-state index in [1.54, 1.807) is 4.68 Å². The number of nitrogens with zero attached hydrogens (tertiary/aromatic N) is 3. The number of hydrogen-bond donors (Lipinski definition) is 1. The van der Waals surface area contributed by atoms with Crippen LogP contribution in [0.1, 0.15) is 31.3 Å². The summed E-state index contributed by atoms with van der Waals surface area (Å²) in [6, 6.07) is 10.1. The summed E-state index contributed by atoms with van der Waals surface area (Å²) in [7, 11) is 1.86. The zero-order chi connectivity index (χ0) is 12.5. The fraction of sp³-hybridized carbons (Fsp3) is 0.385. The van der Waals surface area contributed by atoms with Crippen molar-refractivity contribution in [3.8, 4) is 0 Å². The third kappa shape index (κ3) is 2.08. The van der Waals surface area contributed by atoms with Crippen LogP contribution in [0, 0.1) is 0 Å². The molecule has 1 heterocycles. The summed E-state index contributed by atoms with van der Waals surface area (Å²) in [6.45, 7) is 4.25. The molecular weight excluding hydrogens is 212 g/mol. The predicted molar refractivity (Wildman–Crippen MR) is 67.4 cm³/mol. The Morgan fingerprint density at radius 2 is 1.88 bits per heavy atom. The highest BCUT2D eigenvalue weighted by molar-refractivity contribution is 5.27. The van der Waals surface area contributed by atoms with Crippen LogP contribution in [0.3, 0.4) is 0 Å². The van der Waals surface area contributed by atoms with Crippen molar-refractivity contribution in [3.05, 3.63) is 48.0 Å². The Balaban J connectivity index is 2.37. The van der Waals surface area contributed by atoms with Gasteiger partial charge >= 0.3 is 0 Å². The van der Waals surface area contributed by atoms with E-state index < -0.39 is 0 Å². The Morgan fingerprint density at radius 3 is 2.41 bits per heavy atom. The highest BCUT2D eigenvalue weighted by Crippen LogP contribution is 2.33. The normalized spacial score (nSPS) is 13.6. The number of nitrogens with two attached hydrogens (primary N) is 1. The molecule has 1 aromatic heterocycles. The Labute approximate surface area is 101 Å². The average Bonchev–Trinajstić information content (AvgIpc) is 2.75. The molecule has 2 aromatic rings. The van der Waals surface area contributed by atoms with E-state index in [4.69, 9.17) is 5.73 Å². The summed E-state index contributed by atoms with van der Waals surface area (Å²) in [5.41, 5.74) is 7.35. The van der Waals surface area contributed by atoms with Crippen LogP contribution >= 0.6 is 0 Å². The van der Waals surface area contributed by atoms with E-state index in [0.29, 0.717) is 0 Å². The van der Waals surface area contributed by atoms with Gasteiger partial charge in [-0.3, -0.25) is 4.68 Å². The Hall–Kier alpha value is -1.68. The Morgan fingerprint density at radius 1 is 1.24 bits per heavy atom. The fourth-order valence-electron chi connectivity index (χ4n) is 1.96. The average molecular weight is 230 g/mol. The van der Waals surface area contributed by atoms with Gasteiger partial charge in [0.2, 0.25) is 0 Å². The molecule has 0 fully saturated rings. The van der Waals surface area contributed by atoms with Crippen LogP contribution < -0.4 is 5.73 Å². The molecule has 0 aliphatic rings. The quantitative estimate of drug-likeness (QED) is 0.874. The van der Waals surface area contributed by atoms with E-state index in [9.17, 15) is 0 Å². The van der Waals surface area contributed by atoms with Crippen molar-refractivity contribution in [1.82, 2.24) is 14.8 Å². The van der Waals surface area contributed by atoms with E-state index in [-0.39, 0.29) is 11.5 Å². The van der Waals surface area contributed by atoms with Gasteiger partial charge in [-0.15, -0.1) is 0 Å². The minimum atomic E-state index is -0.183. The molecule has 0 aliphatic carbocycles. The molecule has 4 heteroatoms. The maximum absolute atomic E-state index is 6.33. The minimum absolute atomic E-state index is 0.179. The number of rotatable bonds is 3. The van der Waals surface area contributed by atoms with Crippen LogP contribution in [0.5, 0.6) is 0 Å². The first kappa shape index (κ1) is 11.8. The highest BCUT2D eigenvalue weighted by Gasteiger charge is 2.32. The molecule has 0 spiro atoms. The predicted octanol–water partition coefficient (Wildman–Crippen LogP) is 1.79. The number of aryl methyl sites for hydroxylation is 1. The first-order chi connectivity index (χ1) is 8.03. The van der Waals surface area contributed by atoms with Crippen molar-refractivity contribution in [3.63, 3.8) is 0 Å². The zero-order valence-electron chi connectivity index (χ0n) is 10.5. The van der Waals surface area contributed by atoms with Crippen LogP contribution in [-0.4, -0.2) is 14.8 Å². The molecule has 17 heavy (non-hydrogen) atoms. The van der Waals surface area contributed by atoms with Crippen molar-refractivity contribution in [2.75, 3.05) is 0 Å². The van der Waals surface area contributed by atoms with Gasteiger partial charge in [-0.2, -0.15) is 5.10 Å². The lowest BCUT2D eigenvalue weighted by atomic mass is 9.78. The van der Waals surface area contributed by atoms with Crippen LogP contribution in [-0.2, 0) is 12.5 Å². The van der Waals surface area contributed by atoms with Gasteiger partial charge in [0.1, 0.15) is 12.2 Å². The van der Waals surface area contributed by atoms with Crippen LogP contribution in [0.2, 0.25) is 0 Å². The summed E-state index contributed by atoms with van der Waals surface area (Å²) >= 11 is 0. The summed E-state index contributed by atoms with van der Waals surface area (Å²) in [5.74, 6) is 0.804. The summed E-state index contributed by atoms with van der Waals surface area (Å²) in [5, 5.41) is 4.07. The second kappa shape index (κ2) is 4.30. The monoisotopic (exact) mass is 230 g/mol. The van der Waals surface area contributed by atoms with Crippen LogP contribution in [0.4, 0.5) is 0 Å². The first-order valence-electron chi connectivity index (χ1n) is 5.68. The van der Waals surface area contributed by atoms with Crippen molar-refractivity contribution in [2.24, 2.45) is 12.8 Å². The number of benzene rings is 1. The molecule has 90 valence electrons. The molecule has 0 bridgehead atoms. The third-order valence-electron chi connectivity index (χ3n) is 3.32. The maximum atomic E-state index is 6.33. The lowest BCUT2D eigenvalue weighted by Gasteiger charge is -2.31. The number of aromatic nitrogens is 3. The molecule has 1 atom stereocenters. The Kier molecular flexibility index (Phi) is 2.98. The zero-order valence-corrected chi connectivity index (χ0v) is 10.5. The van der Waals surface area contributed by atoms with E-state index in [1.807, 2.05) is 25.2 Å². The molecule has 2 rings (SSSR count). The van der Waals surface area contributed by atoms with E-state index in [2.05, 4.69) is 36.1 Å². The van der Waals surface area contributed by atoms with Gasteiger partial charge in [-0.05, 0) is 5.56 Å². The minimum Gasteiger partial charge on any atom is -0.321 e. The molecule has 0 radical (unpaired) electrons. The summed E-state index contributed by atoms with van der Waals surface area (Å²) in [6.07, 6.45) is 1.54. The molecule has 0 saturated heterocycles. The molecule has 1 unspecified atom stereocenters. The van der Waals surface area contributed by atoms with Gasteiger partial charge in [-0.25, -0.2) is 4.98 Å². The largest absolute Gasteiger partial charge is 0.321 e. The second-order valence-corrected chi connectivity index (χ2v) is 4.81. The van der Waals surface area contributed by atoms with Crippen molar-refractivity contribution >= 4 is 0 Å². The van der Waals surface area contributed by atoms with Crippen LogP contribution in [0.25, 0.3) is 0 Å².